The zero-order valence-electron chi connectivity index (χ0n) is 9.22. The minimum atomic E-state index is -3.98. The monoisotopic (exact) mass is 253 g/mol. The van der Waals surface area contributed by atoms with Crippen molar-refractivity contribution in [2.75, 3.05) is 11.5 Å². The molecular formula is C11H18F3NS. The summed E-state index contributed by atoms with van der Waals surface area (Å²) in [5.41, 5.74) is 0. The molecule has 0 spiro atoms. The highest BCUT2D eigenvalue weighted by Gasteiger charge is 2.41. The fourth-order valence-electron chi connectivity index (χ4n) is 2.59. The Balaban J connectivity index is 1.72. The molecule has 0 aromatic heterocycles. The van der Waals surface area contributed by atoms with Crippen molar-refractivity contribution in [3.63, 3.8) is 0 Å². The molecule has 0 bridgehead atoms. The third-order valence-corrected chi connectivity index (χ3v) is 4.75. The Morgan fingerprint density at radius 3 is 2.12 bits per heavy atom. The maximum atomic E-state index is 12.4. The van der Waals surface area contributed by atoms with Crippen molar-refractivity contribution in [2.45, 2.75) is 50.4 Å². The van der Waals surface area contributed by atoms with Crippen LogP contribution in [-0.2, 0) is 0 Å². The summed E-state index contributed by atoms with van der Waals surface area (Å²) in [4.78, 5) is 0. The van der Waals surface area contributed by atoms with E-state index in [2.05, 4.69) is 5.32 Å². The molecule has 1 saturated heterocycles. The van der Waals surface area contributed by atoms with Crippen LogP contribution in [0.3, 0.4) is 0 Å². The van der Waals surface area contributed by atoms with E-state index in [-0.39, 0.29) is 0 Å². The van der Waals surface area contributed by atoms with E-state index in [1.54, 1.807) is 0 Å². The van der Waals surface area contributed by atoms with Crippen molar-refractivity contribution in [3.8, 4) is 0 Å². The van der Waals surface area contributed by atoms with Crippen LogP contribution in [0.25, 0.3) is 0 Å². The van der Waals surface area contributed by atoms with E-state index >= 15 is 0 Å². The number of rotatable bonds is 2. The van der Waals surface area contributed by atoms with Gasteiger partial charge in [-0.05, 0) is 37.9 Å². The van der Waals surface area contributed by atoms with Gasteiger partial charge in [0.2, 0.25) is 0 Å². The quantitative estimate of drug-likeness (QED) is 0.811. The number of hydrogen-bond acceptors (Lipinski definition) is 2. The molecule has 1 heterocycles. The van der Waals surface area contributed by atoms with Crippen LogP contribution < -0.4 is 5.32 Å². The molecule has 0 amide bonds. The normalized spacial score (nSPS) is 36.6. The van der Waals surface area contributed by atoms with Gasteiger partial charge in [-0.3, -0.25) is 0 Å². The summed E-state index contributed by atoms with van der Waals surface area (Å²) < 4.78 is 37.3. The van der Waals surface area contributed by atoms with Crippen molar-refractivity contribution >= 4 is 11.8 Å². The summed E-state index contributed by atoms with van der Waals surface area (Å²) in [6, 6.07) is 0.861. The van der Waals surface area contributed by atoms with Crippen molar-refractivity contribution in [1.29, 1.82) is 0 Å². The van der Waals surface area contributed by atoms with Gasteiger partial charge in [0.25, 0.3) is 0 Å². The summed E-state index contributed by atoms with van der Waals surface area (Å²) >= 11 is 1.93. The van der Waals surface area contributed by atoms with Crippen LogP contribution in [0.15, 0.2) is 0 Å². The number of thioether (sulfide) groups is 1. The average Bonchev–Trinajstić information content (AvgIpc) is 2.70. The summed E-state index contributed by atoms with van der Waals surface area (Å²) in [6.45, 7) is 0. The number of halogens is 3. The predicted octanol–water partition coefficient (Wildman–Crippen LogP) is 3.20. The lowest BCUT2D eigenvalue weighted by Crippen LogP contribution is -2.42. The molecule has 1 saturated carbocycles. The molecule has 1 aliphatic heterocycles. The second-order valence-corrected chi connectivity index (χ2v) is 5.97. The molecule has 1 unspecified atom stereocenters. The highest BCUT2D eigenvalue weighted by atomic mass is 32.2. The Morgan fingerprint density at radius 1 is 0.938 bits per heavy atom. The zero-order valence-corrected chi connectivity index (χ0v) is 10.0. The van der Waals surface area contributed by atoms with Gasteiger partial charge in [-0.15, -0.1) is 0 Å². The van der Waals surface area contributed by atoms with Gasteiger partial charge in [-0.2, -0.15) is 24.9 Å². The Morgan fingerprint density at radius 2 is 1.62 bits per heavy atom. The first-order chi connectivity index (χ1) is 7.55. The minimum Gasteiger partial charge on any atom is -0.310 e. The Labute approximate surface area is 98.5 Å². The first kappa shape index (κ1) is 12.6. The lowest BCUT2D eigenvalue weighted by molar-refractivity contribution is -0.182. The van der Waals surface area contributed by atoms with E-state index in [0.29, 0.717) is 37.8 Å². The van der Waals surface area contributed by atoms with E-state index in [9.17, 15) is 13.2 Å². The van der Waals surface area contributed by atoms with Gasteiger partial charge in [-0.1, -0.05) is 0 Å². The second kappa shape index (κ2) is 5.17. The largest absolute Gasteiger partial charge is 0.391 e. The van der Waals surface area contributed by atoms with E-state index in [0.717, 1.165) is 5.75 Å². The van der Waals surface area contributed by atoms with E-state index in [1.165, 1.54) is 12.2 Å². The number of alkyl halides is 3. The van der Waals surface area contributed by atoms with Gasteiger partial charge >= 0.3 is 6.18 Å². The summed E-state index contributed by atoms with van der Waals surface area (Å²) in [5.74, 6) is 1.26. The van der Waals surface area contributed by atoms with E-state index in [1.807, 2.05) is 11.8 Å². The Bertz CT molecular complexity index is 218. The highest BCUT2D eigenvalue weighted by Crippen LogP contribution is 2.37. The third-order valence-electron chi connectivity index (χ3n) is 3.59. The molecule has 0 aromatic carbocycles. The first-order valence-corrected chi connectivity index (χ1v) is 7.11. The molecule has 2 fully saturated rings. The molecule has 1 aliphatic carbocycles. The maximum absolute atomic E-state index is 12.4. The summed E-state index contributed by atoms with van der Waals surface area (Å²) in [6.07, 6.45) is -0.823. The Kier molecular flexibility index (Phi) is 4.06. The molecule has 1 nitrogen and oxygen atoms in total. The smallest absolute Gasteiger partial charge is 0.310 e. The molecular weight excluding hydrogens is 235 g/mol. The standard InChI is InChI=1S/C11H18F3NS/c12-11(13,14)8-1-3-9(4-2-8)15-10-5-6-16-7-10/h8-10,15H,1-7H2. The van der Waals surface area contributed by atoms with Gasteiger partial charge in [-0.25, -0.2) is 0 Å². The van der Waals surface area contributed by atoms with Crippen LogP contribution in [0, 0.1) is 5.92 Å². The van der Waals surface area contributed by atoms with Crippen LogP contribution in [0.1, 0.15) is 32.1 Å². The molecule has 1 N–H and O–H groups in total. The van der Waals surface area contributed by atoms with Gasteiger partial charge in [0.05, 0.1) is 5.92 Å². The molecule has 2 aliphatic rings. The van der Waals surface area contributed by atoms with Gasteiger partial charge in [0, 0.05) is 17.8 Å². The van der Waals surface area contributed by atoms with Gasteiger partial charge < -0.3 is 5.32 Å². The lowest BCUT2D eigenvalue weighted by atomic mass is 9.85. The second-order valence-electron chi connectivity index (χ2n) is 4.82. The van der Waals surface area contributed by atoms with Crippen LogP contribution in [0.5, 0.6) is 0 Å². The molecule has 0 aromatic rings. The van der Waals surface area contributed by atoms with Crippen molar-refractivity contribution in [1.82, 2.24) is 5.32 Å². The van der Waals surface area contributed by atoms with Crippen LogP contribution in [0.2, 0.25) is 0 Å². The summed E-state index contributed by atoms with van der Waals surface area (Å²) in [5, 5.41) is 3.50. The van der Waals surface area contributed by atoms with Gasteiger partial charge in [0.1, 0.15) is 0 Å². The van der Waals surface area contributed by atoms with Gasteiger partial charge in [0.15, 0.2) is 0 Å². The van der Waals surface area contributed by atoms with Crippen molar-refractivity contribution in [2.24, 2.45) is 5.92 Å². The van der Waals surface area contributed by atoms with Crippen LogP contribution in [-0.4, -0.2) is 29.8 Å². The SMILES string of the molecule is FC(F)(F)C1CCC(NC2CCSC2)CC1. The molecule has 16 heavy (non-hydrogen) atoms. The first-order valence-electron chi connectivity index (χ1n) is 5.96. The topological polar surface area (TPSA) is 12.0 Å². The van der Waals surface area contributed by atoms with Crippen molar-refractivity contribution < 1.29 is 13.2 Å². The van der Waals surface area contributed by atoms with E-state index < -0.39 is 12.1 Å². The number of hydrogen-bond donors (Lipinski definition) is 1. The molecule has 1 atom stereocenters. The molecule has 0 radical (unpaired) electrons. The fraction of sp³-hybridized carbons (Fsp3) is 1.00. The number of nitrogens with one attached hydrogen (secondary N) is 1. The third kappa shape index (κ3) is 3.29. The van der Waals surface area contributed by atoms with Crippen LogP contribution in [0.4, 0.5) is 13.2 Å². The predicted molar refractivity (Wildman–Crippen MR) is 60.7 cm³/mol. The Hall–Kier alpha value is 0.100. The maximum Gasteiger partial charge on any atom is 0.391 e. The van der Waals surface area contributed by atoms with Crippen molar-refractivity contribution in [3.05, 3.63) is 0 Å². The minimum absolute atomic E-state index is 0.307. The average molecular weight is 253 g/mol. The van der Waals surface area contributed by atoms with Crippen LogP contribution >= 0.6 is 11.8 Å². The molecule has 2 rings (SSSR count). The highest BCUT2D eigenvalue weighted by molar-refractivity contribution is 7.99. The summed E-state index contributed by atoms with van der Waals surface area (Å²) in [7, 11) is 0. The zero-order chi connectivity index (χ0) is 11.6. The van der Waals surface area contributed by atoms with E-state index in [4.69, 9.17) is 0 Å². The lowest BCUT2D eigenvalue weighted by Gasteiger charge is -2.31. The molecule has 5 heteroatoms. The molecule has 94 valence electrons. The fourth-order valence-corrected chi connectivity index (χ4v) is 3.75.